The SMILES string of the molecule is Cc1c(NC(=O)c2ccc3c(c2)OCC3(C)C)cc(F)cc1-c1ccnc(N)c1N. The topological polar surface area (TPSA) is 103 Å². The van der Waals surface area contributed by atoms with Gasteiger partial charge in [-0.25, -0.2) is 9.37 Å². The minimum atomic E-state index is -0.500. The Labute approximate surface area is 174 Å². The van der Waals surface area contributed by atoms with Gasteiger partial charge in [-0.05, 0) is 48.4 Å². The van der Waals surface area contributed by atoms with Crippen molar-refractivity contribution in [3.05, 3.63) is 65.1 Å². The van der Waals surface area contributed by atoms with Gasteiger partial charge < -0.3 is 21.5 Å². The van der Waals surface area contributed by atoms with E-state index in [-0.39, 0.29) is 22.8 Å². The van der Waals surface area contributed by atoms with E-state index in [2.05, 4.69) is 24.1 Å². The highest BCUT2D eigenvalue weighted by Crippen LogP contribution is 2.39. The van der Waals surface area contributed by atoms with Crippen LogP contribution in [0.2, 0.25) is 0 Å². The van der Waals surface area contributed by atoms with Crippen LogP contribution in [-0.2, 0) is 5.41 Å². The Hall–Kier alpha value is -3.61. The molecule has 4 rings (SSSR count). The van der Waals surface area contributed by atoms with Gasteiger partial charge in [-0.15, -0.1) is 0 Å². The predicted molar refractivity (Wildman–Crippen MR) is 116 cm³/mol. The number of pyridine rings is 1. The first-order valence-corrected chi connectivity index (χ1v) is 9.56. The summed E-state index contributed by atoms with van der Waals surface area (Å²) in [5.41, 5.74) is 15.6. The minimum absolute atomic E-state index is 0.0926. The van der Waals surface area contributed by atoms with Crippen molar-refractivity contribution in [3.8, 4) is 16.9 Å². The number of hydrogen-bond acceptors (Lipinski definition) is 5. The van der Waals surface area contributed by atoms with Crippen LogP contribution >= 0.6 is 0 Å². The molecule has 154 valence electrons. The van der Waals surface area contributed by atoms with Crippen molar-refractivity contribution in [2.75, 3.05) is 23.4 Å². The van der Waals surface area contributed by atoms with Crippen LogP contribution in [-0.4, -0.2) is 17.5 Å². The van der Waals surface area contributed by atoms with Gasteiger partial charge in [-0.2, -0.15) is 0 Å². The van der Waals surface area contributed by atoms with Crippen molar-refractivity contribution in [1.82, 2.24) is 4.98 Å². The molecule has 0 aliphatic carbocycles. The van der Waals surface area contributed by atoms with Gasteiger partial charge in [0.15, 0.2) is 0 Å². The smallest absolute Gasteiger partial charge is 0.255 e. The molecule has 0 radical (unpaired) electrons. The fourth-order valence-corrected chi connectivity index (χ4v) is 3.69. The van der Waals surface area contributed by atoms with Gasteiger partial charge in [-0.3, -0.25) is 4.79 Å². The zero-order valence-electron chi connectivity index (χ0n) is 17.0. The average Bonchev–Trinajstić information content (AvgIpc) is 3.01. The fourth-order valence-electron chi connectivity index (χ4n) is 3.69. The fraction of sp³-hybridized carbons (Fsp3) is 0.217. The van der Waals surface area contributed by atoms with Crippen molar-refractivity contribution in [3.63, 3.8) is 0 Å². The highest BCUT2D eigenvalue weighted by molar-refractivity contribution is 6.05. The number of carbonyl (C=O) groups is 1. The molecule has 2 aromatic carbocycles. The van der Waals surface area contributed by atoms with Gasteiger partial charge in [0, 0.05) is 34.0 Å². The molecule has 0 saturated heterocycles. The van der Waals surface area contributed by atoms with Crippen LogP contribution in [0.4, 0.5) is 21.6 Å². The lowest BCUT2D eigenvalue weighted by molar-refractivity contribution is 0.102. The van der Waals surface area contributed by atoms with E-state index in [0.717, 1.165) is 5.56 Å². The van der Waals surface area contributed by atoms with Crippen LogP contribution in [0.25, 0.3) is 11.1 Å². The lowest BCUT2D eigenvalue weighted by atomic mass is 9.86. The molecule has 1 amide bonds. The lowest BCUT2D eigenvalue weighted by Gasteiger charge is -2.16. The number of benzene rings is 2. The van der Waals surface area contributed by atoms with Crippen LogP contribution in [0, 0.1) is 12.7 Å². The van der Waals surface area contributed by atoms with E-state index in [1.807, 2.05) is 6.07 Å². The molecule has 0 unspecified atom stereocenters. The van der Waals surface area contributed by atoms with Crippen molar-refractivity contribution < 1.29 is 13.9 Å². The first-order chi connectivity index (χ1) is 14.2. The standard InChI is InChI=1S/C23H23FN4O2/c1-12-16(15-6-7-27-21(26)20(15)25)9-14(24)10-18(12)28-22(29)13-4-5-17-19(8-13)30-11-23(17,2)3/h4-10H,11,25H2,1-3H3,(H2,26,27)(H,28,29). The molecule has 6 nitrogen and oxygen atoms in total. The molecule has 1 aromatic heterocycles. The van der Waals surface area contributed by atoms with Crippen molar-refractivity contribution in [2.24, 2.45) is 0 Å². The maximum absolute atomic E-state index is 14.4. The number of hydrogen-bond donors (Lipinski definition) is 3. The molecule has 1 aliphatic heterocycles. The summed E-state index contributed by atoms with van der Waals surface area (Å²) in [6.45, 7) is 6.53. The van der Waals surface area contributed by atoms with E-state index < -0.39 is 5.82 Å². The first kappa shape index (κ1) is 19.7. The first-order valence-electron chi connectivity index (χ1n) is 9.56. The normalized spacial score (nSPS) is 14.1. The van der Waals surface area contributed by atoms with Crippen molar-refractivity contribution in [2.45, 2.75) is 26.2 Å². The van der Waals surface area contributed by atoms with Crippen molar-refractivity contribution >= 4 is 23.1 Å². The molecule has 0 spiro atoms. The Balaban J connectivity index is 1.68. The van der Waals surface area contributed by atoms with Crippen LogP contribution < -0.4 is 21.5 Å². The number of nitrogen functional groups attached to an aromatic ring is 2. The number of ether oxygens (including phenoxy) is 1. The van der Waals surface area contributed by atoms with Gasteiger partial charge in [-0.1, -0.05) is 19.9 Å². The predicted octanol–water partition coefficient (Wildman–Crippen LogP) is 4.28. The van der Waals surface area contributed by atoms with Gasteiger partial charge in [0.1, 0.15) is 17.4 Å². The molecular formula is C23H23FN4O2. The Kier molecular flexibility index (Phi) is 4.61. The number of aromatic nitrogens is 1. The third-order valence-electron chi connectivity index (χ3n) is 5.49. The van der Waals surface area contributed by atoms with Crippen LogP contribution in [0.15, 0.2) is 42.6 Å². The Bertz CT molecular complexity index is 1170. The molecule has 0 bridgehead atoms. The lowest BCUT2D eigenvalue weighted by Crippen LogP contribution is -2.18. The number of anilines is 3. The number of carbonyl (C=O) groups excluding carboxylic acids is 1. The van der Waals surface area contributed by atoms with Gasteiger partial charge in [0.25, 0.3) is 5.91 Å². The number of nitrogens with zero attached hydrogens (tertiary/aromatic N) is 1. The number of nitrogens with one attached hydrogen (secondary N) is 1. The third-order valence-corrected chi connectivity index (χ3v) is 5.49. The van der Waals surface area contributed by atoms with E-state index in [4.69, 9.17) is 16.2 Å². The van der Waals surface area contributed by atoms with Gasteiger partial charge in [0.05, 0.1) is 12.3 Å². The molecule has 1 aliphatic rings. The molecule has 30 heavy (non-hydrogen) atoms. The van der Waals surface area contributed by atoms with Crippen molar-refractivity contribution in [1.29, 1.82) is 0 Å². The summed E-state index contributed by atoms with van der Waals surface area (Å²) in [7, 11) is 0. The number of fused-ring (bicyclic) bond motifs is 1. The summed E-state index contributed by atoms with van der Waals surface area (Å²) in [4.78, 5) is 16.8. The van der Waals surface area contributed by atoms with Gasteiger partial charge in [0.2, 0.25) is 0 Å². The second kappa shape index (κ2) is 7.02. The second-order valence-corrected chi connectivity index (χ2v) is 8.12. The summed E-state index contributed by atoms with van der Waals surface area (Å²) >= 11 is 0. The number of nitrogens with two attached hydrogens (primary N) is 2. The number of amides is 1. The molecule has 5 N–H and O–H groups in total. The van der Waals surface area contributed by atoms with Crippen LogP contribution in [0.3, 0.4) is 0 Å². The zero-order chi connectivity index (χ0) is 21.6. The Morgan fingerprint density at radius 2 is 1.93 bits per heavy atom. The summed E-state index contributed by atoms with van der Waals surface area (Å²) in [6.07, 6.45) is 1.51. The monoisotopic (exact) mass is 406 g/mol. The van der Waals surface area contributed by atoms with E-state index in [1.165, 1.54) is 18.3 Å². The molecule has 2 heterocycles. The summed E-state index contributed by atoms with van der Waals surface area (Å²) in [6, 6.07) is 9.68. The van der Waals surface area contributed by atoms with E-state index >= 15 is 0 Å². The minimum Gasteiger partial charge on any atom is -0.492 e. The highest BCUT2D eigenvalue weighted by Gasteiger charge is 2.32. The molecule has 3 aromatic rings. The molecule has 7 heteroatoms. The molecular weight excluding hydrogens is 383 g/mol. The van der Waals surface area contributed by atoms with Crippen LogP contribution in [0.5, 0.6) is 5.75 Å². The number of rotatable bonds is 3. The highest BCUT2D eigenvalue weighted by atomic mass is 19.1. The maximum Gasteiger partial charge on any atom is 0.255 e. The second-order valence-electron chi connectivity index (χ2n) is 8.12. The summed E-state index contributed by atoms with van der Waals surface area (Å²) in [5.74, 6) is 0.0137. The summed E-state index contributed by atoms with van der Waals surface area (Å²) in [5, 5.41) is 2.80. The Morgan fingerprint density at radius 1 is 1.17 bits per heavy atom. The molecule has 0 atom stereocenters. The number of halogens is 1. The largest absolute Gasteiger partial charge is 0.492 e. The molecule has 0 fully saturated rings. The quantitative estimate of drug-likeness (QED) is 0.602. The Morgan fingerprint density at radius 3 is 2.70 bits per heavy atom. The molecule has 0 saturated carbocycles. The summed E-state index contributed by atoms with van der Waals surface area (Å²) < 4.78 is 20.1. The van der Waals surface area contributed by atoms with E-state index in [9.17, 15) is 9.18 Å². The maximum atomic E-state index is 14.4. The average molecular weight is 406 g/mol. The van der Waals surface area contributed by atoms with Crippen LogP contribution in [0.1, 0.15) is 35.3 Å². The van der Waals surface area contributed by atoms with E-state index in [1.54, 1.807) is 25.1 Å². The third kappa shape index (κ3) is 3.32. The van der Waals surface area contributed by atoms with Gasteiger partial charge >= 0.3 is 0 Å². The van der Waals surface area contributed by atoms with E-state index in [0.29, 0.717) is 40.3 Å². The zero-order valence-corrected chi connectivity index (χ0v) is 17.0.